The van der Waals surface area contributed by atoms with Crippen LogP contribution in [0.5, 0.6) is 0 Å². The summed E-state index contributed by atoms with van der Waals surface area (Å²) in [7, 11) is -1.72. The number of hydrogen-bond acceptors (Lipinski definition) is 7. The van der Waals surface area contributed by atoms with Crippen LogP contribution in [0.25, 0.3) is 0 Å². The number of alkyl halides is 2. The topological polar surface area (TPSA) is 75.6 Å². The molecule has 3 aliphatic rings. The van der Waals surface area contributed by atoms with E-state index in [4.69, 9.17) is 46.0 Å². The number of aliphatic hydroxyl groups is 1. The average molecular weight is 542 g/mol. The first-order chi connectivity index (χ1) is 16.1. The van der Waals surface area contributed by atoms with E-state index in [-0.39, 0.29) is 61.8 Å². The van der Waals surface area contributed by atoms with E-state index in [0.717, 1.165) is 6.32 Å². The highest BCUT2D eigenvalue weighted by Gasteiger charge is 2.52. The number of halogens is 2. The maximum Gasteiger partial charge on any atom is 0.485 e. The van der Waals surface area contributed by atoms with Crippen LogP contribution in [-0.2, 0) is 27.9 Å². The summed E-state index contributed by atoms with van der Waals surface area (Å²) >= 11 is 5.61. The van der Waals surface area contributed by atoms with Crippen LogP contribution in [0.1, 0.15) is 98.8 Å². The van der Waals surface area contributed by atoms with E-state index in [1.165, 1.54) is 0 Å². The highest BCUT2D eigenvalue weighted by atomic mass is 35.5. The molecule has 0 bridgehead atoms. The van der Waals surface area contributed by atoms with Crippen molar-refractivity contribution in [2.45, 2.75) is 137 Å². The third kappa shape index (κ3) is 9.40. The largest absolute Gasteiger partial charge is 0.485 e. The Kier molecular flexibility index (Phi) is 14.0. The molecule has 36 heavy (non-hydrogen) atoms. The standard InChI is InChI=1S/C8H17BO2.C7H14BClO2.C7H15BO3.CH3F.CH4/c1-6-9-10-7(2,3)8(4,5)11-9;2*1-6(2)7(3,4)11-8(5-9)10-6;1-2;/h6H2,1-5H3;5H2,1-4H3;9H,5H2,1-4H3;1H3;1H4/i;;;1D;. The Morgan fingerprint density at radius 2 is 0.861 bits per heavy atom. The summed E-state index contributed by atoms with van der Waals surface area (Å²) in [5.74, 6) is 0.396. The minimum Gasteiger partial charge on any atom is -0.403 e. The van der Waals surface area contributed by atoms with Crippen molar-refractivity contribution in [3.63, 3.8) is 0 Å². The molecule has 12 heteroatoms. The molecule has 3 saturated heterocycles. The molecule has 0 aromatic heterocycles. The van der Waals surface area contributed by atoms with Crippen molar-refractivity contribution in [2.24, 2.45) is 0 Å². The lowest BCUT2D eigenvalue weighted by atomic mass is 9.87. The minimum absolute atomic E-state index is 0. The predicted octanol–water partition coefficient (Wildman–Crippen LogP) is 5.79. The van der Waals surface area contributed by atoms with Crippen LogP contribution < -0.4 is 0 Å². The minimum atomic E-state index is -1.00. The molecule has 0 saturated carbocycles. The zero-order chi connectivity index (χ0) is 28.8. The maximum absolute atomic E-state index is 9.96. The van der Waals surface area contributed by atoms with Crippen molar-refractivity contribution in [1.29, 1.82) is 0 Å². The fourth-order valence-corrected chi connectivity index (χ4v) is 3.33. The highest BCUT2D eigenvalue weighted by Crippen LogP contribution is 2.38. The second-order valence-corrected chi connectivity index (χ2v) is 12.1. The lowest BCUT2D eigenvalue weighted by molar-refractivity contribution is 0.00578. The van der Waals surface area contributed by atoms with Gasteiger partial charge in [-0.05, 0) is 89.4 Å². The third-order valence-electron chi connectivity index (χ3n) is 7.51. The summed E-state index contributed by atoms with van der Waals surface area (Å²) in [6.45, 7) is 26.2. The van der Waals surface area contributed by atoms with Crippen molar-refractivity contribution in [3.8, 4) is 0 Å². The molecule has 0 aromatic rings. The van der Waals surface area contributed by atoms with Crippen molar-refractivity contribution >= 4 is 33.0 Å². The Hall–Kier alpha value is 0.135. The van der Waals surface area contributed by atoms with Crippen LogP contribution in [0.3, 0.4) is 0 Å². The van der Waals surface area contributed by atoms with Gasteiger partial charge in [0.25, 0.3) is 0 Å². The van der Waals surface area contributed by atoms with E-state index in [1.54, 1.807) is 0 Å². The highest BCUT2D eigenvalue weighted by molar-refractivity contribution is 6.57. The number of rotatable bonds is 3. The van der Waals surface area contributed by atoms with Crippen molar-refractivity contribution in [1.82, 2.24) is 0 Å². The SMILES string of the molecule is C.CC1(C)OB(CCl)OC1(C)C.CC1(C)OB(CO)OC1(C)C.CCB1OC(C)(C)C(C)(C)O1.[2H]CF. The van der Waals surface area contributed by atoms with Crippen molar-refractivity contribution < 1.29 is 38.8 Å². The van der Waals surface area contributed by atoms with Crippen LogP contribution >= 0.6 is 11.6 Å². The van der Waals surface area contributed by atoms with Gasteiger partial charge in [0.05, 0.1) is 54.4 Å². The Bertz CT molecular complexity index is 537. The zero-order valence-electron chi connectivity index (χ0n) is 25.2. The maximum atomic E-state index is 9.96. The van der Waals surface area contributed by atoms with Crippen LogP contribution in [0, 0.1) is 0 Å². The zero-order valence-corrected chi connectivity index (χ0v) is 25.0. The summed E-state index contributed by atoms with van der Waals surface area (Å²) in [6.07, 6.45) is 0.923. The Labute approximate surface area is 228 Å². The van der Waals surface area contributed by atoms with Gasteiger partial charge in [-0.1, -0.05) is 14.4 Å². The molecule has 7 nitrogen and oxygen atoms in total. The molecule has 0 aliphatic carbocycles. The summed E-state index contributed by atoms with van der Waals surface area (Å²) in [5.41, 5.74) is -1.44. The van der Waals surface area contributed by atoms with Gasteiger partial charge in [0.15, 0.2) is 0 Å². The van der Waals surface area contributed by atoms with Crippen LogP contribution in [0.15, 0.2) is 0 Å². The Morgan fingerprint density at radius 3 is 0.972 bits per heavy atom. The molecule has 3 rings (SSSR count). The Balaban J connectivity index is 0. The Morgan fingerprint density at radius 1 is 0.639 bits per heavy atom. The molecule has 0 aromatic carbocycles. The first-order valence-electron chi connectivity index (χ1n) is 12.9. The number of aliphatic hydroxyl groups excluding tert-OH is 1. The van der Waals surface area contributed by atoms with Crippen molar-refractivity contribution in [3.05, 3.63) is 0 Å². The summed E-state index contributed by atoms with van der Waals surface area (Å²) in [6, 6.07) is 0. The molecular formula is C24H53B3ClFO7. The van der Waals surface area contributed by atoms with Gasteiger partial charge in [0.1, 0.15) is 0 Å². The first-order valence-corrected chi connectivity index (χ1v) is 12.7. The molecular weight excluding hydrogens is 487 g/mol. The summed E-state index contributed by atoms with van der Waals surface area (Å²) < 4.78 is 48.9. The second kappa shape index (κ2) is 14.0. The smallest absolute Gasteiger partial charge is 0.403 e. The van der Waals surface area contributed by atoms with Crippen LogP contribution in [-0.4, -0.2) is 79.5 Å². The van der Waals surface area contributed by atoms with Gasteiger partial charge in [0, 0.05) is 0 Å². The lowest BCUT2D eigenvalue weighted by Gasteiger charge is -2.32. The number of hydrogen-bond donors (Lipinski definition) is 1. The van der Waals surface area contributed by atoms with E-state index in [1.807, 2.05) is 55.4 Å². The first kappa shape index (κ1) is 36.1. The van der Waals surface area contributed by atoms with Gasteiger partial charge >= 0.3 is 21.4 Å². The van der Waals surface area contributed by atoms with E-state index in [0.29, 0.717) is 5.78 Å². The second-order valence-electron chi connectivity index (χ2n) is 11.8. The van der Waals surface area contributed by atoms with E-state index < -0.39 is 14.3 Å². The monoisotopic (exact) mass is 541 g/mol. The van der Waals surface area contributed by atoms with Crippen molar-refractivity contribution in [2.75, 3.05) is 19.4 Å². The van der Waals surface area contributed by atoms with E-state index >= 15 is 0 Å². The molecule has 0 spiro atoms. The molecule has 0 unspecified atom stereocenters. The third-order valence-corrected chi connectivity index (χ3v) is 7.77. The normalized spacial score (nSPS) is 25.8. The molecule has 3 aliphatic heterocycles. The van der Waals surface area contributed by atoms with Crippen LogP contribution in [0.4, 0.5) is 4.39 Å². The predicted molar refractivity (Wildman–Crippen MR) is 150 cm³/mol. The molecule has 3 heterocycles. The fraction of sp³-hybridized carbons (Fsp3) is 1.00. The molecule has 0 amide bonds. The quantitative estimate of drug-likeness (QED) is 0.358. The molecule has 0 atom stereocenters. The molecule has 0 radical (unpaired) electrons. The fourth-order valence-electron chi connectivity index (χ4n) is 3.20. The van der Waals surface area contributed by atoms with Gasteiger partial charge in [-0.25, -0.2) is 0 Å². The van der Waals surface area contributed by atoms with Gasteiger partial charge in [0.2, 0.25) is 0 Å². The van der Waals surface area contributed by atoms with Gasteiger partial charge in [-0.15, -0.1) is 11.6 Å². The average Bonchev–Trinajstić information content (AvgIpc) is 3.17. The van der Waals surface area contributed by atoms with Crippen LogP contribution in [0.2, 0.25) is 6.32 Å². The van der Waals surface area contributed by atoms with Gasteiger partial charge in [-0.3, -0.25) is 4.39 Å². The molecule has 1 N–H and O–H groups in total. The van der Waals surface area contributed by atoms with E-state index in [9.17, 15) is 4.39 Å². The van der Waals surface area contributed by atoms with E-state index in [2.05, 4.69) is 34.6 Å². The lowest BCUT2D eigenvalue weighted by Crippen LogP contribution is -2.41. The summed E-state index contributed by atoms with van der Waals surface area (Å²) in [5, 5.41) is 8.78. The molecule has 3 fully saturated rings. The molecule has 214 valence electrons. The van der Waals surface area contributed by atoms with Gasteiger partial charge < -0.3 is 33.0 Å². The summed E-state index contributed by atoms with van der Waals surface area (Å²) in [4.78, 5) is 0. The van der Waals surface area contributed by atoms with Gasteiger partial charge in [-0.2, -0.15) is 0 Å².